The van der Waals surface area contributed by atoms with Crippen LogP contribution in [0, 0.1) is 0 Å². The van der Waals surface area contributed by atoms with Crippen molar-refractivity contribution in [1.82, 2.24) is 0 Å². The molecule has 0 aliphatic rings. The number of hydrogen-bond acceptors (Lipinski definition) is 1. The van der Waals surface area contributed by atoms with Gasteiger partial charge in [-0.25, -0.2) is 0 Å². The van der Waals surface area contributed by atoms with Crippen LogP contribution in [0.4, 0.5) is 0 Å². The predicted molar refractivity (Wildman–Crippen MR) is 68.9 cm³/mol. The van der Waals surface area contributed by atoms with Gasteiger partial charge >= 0.3 is 0 Å². The minimum atomic E-state index is -1.34. The highest BCUT2D eigenvalue weighted by molar-refractivity contribution is 6.79. The van der Waals surface area contributed by atoms with Crippen molar-refractivity contribution in [2.75, 3.05) is 6.61 Å². The first-order valence-electron chi connectivity index (χ1n) is 5.54. The molecule has 0 amide bonds. The first-order valence-corrected chi connectivity index (χ1v) is 9.04. The second-order valence-electron chi connectivity index (χ2n) is 5.63. The maximum absolute atomic E-state index is 9.62. The van der Waals surface area contributed by atoms with Gasteiger partial charge in [-0.2, -0.15) is 0 Å². The number of hydrogen-bond donors (Lipinski definition) is 1. The molecular formula is C13H22OSi. The molecule has 0 saturated heterocycles. The molecule has 2 heteroatoms. The van der Waals surface area contributed by atoms with Crippen molar-refractivity contribution < 1.29 is 5.11 Å². The van der Waals surface area contributed by atoms with Crippen molar-refractivity contribution in [2.45, 2.75) is 38.0 Å². The molecule has 1 unspecified atom stereocenters. The summed E-state index contributed by atoms with van der Waals surface area (Å²) in [4.78, 5) is 0. The number of aliphatic hydroxyl groups excluding tert-OH is 1. The van der Waals surface area contributed by atoms with Gasteiger partial charge in [0, 0.05) is 6.61 Å². The van der Waals surface area contributed by atoms with Crippen molar-refractivity contribution in [3.8, 4) is 0 Å². The molecular weight excluding hydrogens is 200 g/mol. The van der Waals surface area contributed by atoms with Crippen molar-refractivity contribution in [1.29, 1.82) is 0 Å². The lowest BCUT2D eigenvalue weighted by molar-refractivity contribution is 0.240. The maximum Gasteiger partial charge on any atom is 0.0535 e. The molecule has 0 aliphatic carbocycles. The molecule has 1 aromatic carbocycles. The Hall–Kier alpha value is -0.603. The third kappa shape index (κ3) is 2.92. The van der Waals surface area contributed by atoms with Crippen LogP contribution in [0.1, 0.15) is 12.5 Å². The van der Waals surface area contributed by atoms with Crippen LogP contribution in [0.2, 0.25) is 24.7 Å². The van der Waals surface area contributed by atoms with Crippen LogP contribution < -0.4 is 0 Å². The Morgan fingerprint density at radius 1 is 1.13 bits per heavy atom. The van der Waals surface area contributed by atoms with E-state index in [0.717, 1.165) is 6.42 Å². The minimum absolute atomic E-state index is 0.0777. The summed E-state index contributed by atoms with van der Waals surface area (Å²) in [7, 11) is -1.34. The van der Waals surface area contributed by atoms with Crippen molar-refractivity contribution in [3.05, 3.63) is 35.9 Å². The molecule has 0 radical (unpaired) electrons. The molecule has 0 bridgehead atoms. The van der Waals surface area contributed by atoms with E-state index >= 15 is 0 Å². The molecule has 0 spiro atoms. The zero-order valence-electron chi connectivity index (χ0n) is 10.2. The molecule has 15 heavy (non-hydrogen) atoms. The fourth-order valence-electron chi connectivity index (χ4n) is 1.60. The number of benzene rings is 1. The van der Waals surface area contributed by atoms with Crippen LogP contribution in [0.3, 0.4) is 0 Å². The standard InChI is InChI=1S/C13H22OSi/c1-13(11-14,15(2,3)4)10-12-8-6-5-7-9-12/h5-9,14H,10-11H2,1-4H3. The van der Waals surface area contributed by atoms with E-state index < -0.39 is 8.07 Å². The predicted octanol–water partition coefficient (Wildman–Crippen LogP) is 3.32. The SMILES string of the molecule is CC(CO)(Cc1ccccc1)[Si](C)(C)C. The molecule has 0 aliphatic heterocycles. The van der Waals surface area contributed by atoms with Crippen molar-refractivity contribution in [2.24, 2.45) is 0 Å². The lowest BCUT2D eigenvalue weighted by atomic mass is 10.0. The van der Waals surface area contributed by atoms with E-state index in [9.17, 15) is 5.11 Å². The van der Waals surface area contributed by atoms with Crippen LogP contribution in [0.15, 0.2) is 30.3 Å². The molecule has 1 nitrogen and oxygen atoms in total. The Morgan fingerprint density at radius 2 is 1.67 bits per heavy atom. The topological polar surface area (TPSA) is 20.2 Å². The molecule has 1 N–H and O–H groups in total. The zero-order chi connectivity index (χ0) is 11.5. The summed E-state index contributed by atoms with van der Waals surface area (Å²) in [5, 5.41) is 9.69. The summed E-state index contributed by atoms with van der Waals surface area (Å²) in [5.41, 5.74) is 1.33. The number of aliphatic hydroxyl groups is 1. The number of rotatable bonds is 4. The second-order valence-corrected chi connectivity index (χ2v) is 11.3. The highest BCUT2D eigenvalue weighted by Crippen LogP contribution is 2.40. The summed E-state index contributed by atoms with van der Waals surface area (Å²) in [5.74, 6) is 0. The smallest absolute Gasteiger partial charge is 0.0535 e. The maximum atomic E-state index is 9.62. The van der Waals surface area contributed by atoms with Crippen LogP contribution >= 0.6 is 0 Å². The van der Waals surface area contributed by atoms with Gasteiger partial charge in [-0.3, -0.25) is 0 Å². The fraction of sp³-hybridized carbons (Fsp3) is 0.538. The van der Waals surface area contributed by atoms with E-state index in [4.69, 9.17) is 0 Å². The highest BCUT2D eigenvalue weighted by atomic mass is 28.3. The van der Waals surface area contributed by atoms with Gasteiger partial charge in [0.2, 0.25) is 0 Å². The normalized spacial score (nSPS) is 16.1. The summed E-state index contributed by atoms with van der Waals surface area (Å²) < 4.78 is 0. The quantitative estimate of drug-likeness (QED) is 0.775. The molecule has 0 aromatic heterocycles. The fourth-order valence-corrected chi connectivity index (χ4v) is 2.81. The largest absolute Gasteiger partial charge is 0.396 e. The Labute approximate surface area is 94.2 Å². The Bertz CT molecular complexity index is 302. The molecule has 1 rings (SSSR count). The first kappa shape index (κ1) is 12.5. The lowest BCUT2D eigenvalue weighted by Gasteiger charge is -2.39. The zero-order valence-corrected chi connectivity index (χ0v) is 11.2. The summed E-state index contributed by atoms with van der Waals surface area (Å²) in [6.45, 7) is 9.48. The summed E-state index contributed by atoms with van der Waals surface area (Å²) >= 11 is 0. The molecule has 1 aromatic rings. The van der Waals surface area contributed by atoms with Crippen molar-refractivity contribution >= 4 is 8.07 Å². The van der Waals surface area contributed by atoms with Gasteiger partial charge < -0.3 is 5.11 Å². The van der Waals surface area contributed by atoms with Gasteiger partial charge in [-0.1, -0.05) is 56.9 Å². The lowest BCUT2D eigenvalue weighted by Crippen LogP contribution is -2.41. The molecule has 0 heterocycles. The molecule has 1 atom stereocenters. The third-order valence-electron chi connectivity index (χ3n) is 3.60. The minimum Gasteiger partial charge on any atom is -0.396 e. The first-order chi connectivity index (χ1) is 6.89. The Kier molecular flexibility index (Phi) is 3.74. The van der Waals surface area contributed by atoms with E-state index in [0.29, 0.717) is 0 Å². The average molecular weight is 222 g/mol. The molecule has 0 fully saturated rings. The summed E-state index contributed by atoms with van der Waals surface area (Å²) in [6, 6.07) is 10.5. The van der Waals surface area contributed by atoms with Crippen LogP contribution in [-0.4, -0.2) is 19.8 Å². The molecule has 0 saturated carbocycles. The van der Waals surface area contributed by atoms with E-state index in [1.54, 1.807) is 0 Å². The van der Waals surface area contributed by atoms with Gasteiger partial charge in [-0.05, 0) is 17.0 Å². The Morgan fingerprint density at radius 3 is 2.07 bits per heavy atom. The van der Waals surface area contributed by atoms with Crippen molar-refractivity contribution in [3.63, 3.8) is 0 Å². The van der Waals surface area contributed by atoms with Crippen LogP contribution in [-0.2, 0) is 6.42 Å². The van der Waals surface area contributed by atoms with Gasteiger partial charge in [0.1, 0.15) is 0 Å². The van der Waals surface area contributed by atoms with E-state index in [1.165, 1.54) is 5.56 Å². The van der Waals surface area contributed by atoms with Gasteiger partial charge in [-0.15, -0.1) is 0 Å². The van der Waals surface area contributed by atoms with Gasteiger partial charge in [0.25, 0.3) is 0 Å². The Balaban J connectivity index is 2.87. The summed E-state index contributed by atoms with van der Waals surface area (Å²) in [6.07, 6.45) is 0.986. The molecule has 84 valence electrons. The third-order valence-corrected chi connectivity index (χ3v) is 7.55. The van der Waals surface area contributed by atoms with Crippen LogP contribution in [0.25, 0.3) is 0 Å². The van der Waals surface area contributed by atoms with Crippen LogP contribution in [0.5, 0.6) is 0 Å². The van der Waals surface area contributed by atoms with Gasteiger partial charge in [0.15, 0.2) is 0 Å². The highest BCUT2D eigenvalue weighted by Gasteiger charge is 2.38. The van der Waals surface area contributed by atoms with E-state index in [-0.39, 0.29) is 11.6 Å². The second kappa shape index (κ2) is 4.50. The van der Waals surface area contributed by atoms with Gasteiger partial charge in [0.05, 0.1) is 8.07 Å². The van der Waals surface area contributed by atoms with E-state index in [1.807, 2.05) is 6.07 Å². The monoisotopic (exact) mass is 222 g/mol. The average Bonchev–Trinajstić information content (AvgIpc) is 2.17. The van der Waals surface area contributed by atoms with E-state index in [2.05, 4.69) is 50.8 Å².